The number of fused-ring (bicyclic) bond motifs is 2. The first-order valence-corrected chi connectivity index (χ1v) is 10.8. The summed E-state index contributed by atoms with van der Waals surface area (Å²) in [5.74, 6) is 0.794. The second-order valence-electron chi connectivity index (χ2n) is 9.75. The summed E-state index contributed by atoms with van der Waals surface area (Å²) in [6.07, 6.45) is 4.64. The molecule has 0 radical (unpaired) electrons. The van der Waals surface area contributed by atoms with Crippen LogP contribution >= 0.6 is 0 Å². The van der Waals surface area contributed by atoms with Gasteiger partial charge >= 0.3 is 6.09 Å². The average Bonchev–Trinajstić information content (AvgIpc) is 3.31. The molecule has 31 heavy (non-hydrogen) atoms. The van der Waals surface area contributed by atoms with Gasteiger partial charge in [-0.25, -0.2) is 9.18 Å². The molecule has 2 amide bonds. The first-order chi connectivity index (χ1) is 14.6. The van der Waals surface area contributed by atoms with E-state index in [0.717, 1.165) is 32.1 Å². The van der Waals surface area contributed by atoms with Gasteiger partial charge in [0.2, 0.25) is 5.91 Å². The summed E-state index contributed by atoms with van der Waals surface area (Å²) in [5, 5.41) is 5.36. The zero-order chi connectivity index (χ0) is 22.7. The van der Waals surface area contributed by atoms with Crippen LogP contribution in [-0.4, -0.2) is 37.8 Å². The maximum Gasteiger partial charge on any atom is 0.407 e. The van der Waals surface area contributed by atoms with E-state index in [1.54, 1.807) is 27.8 Å². The van der Waals surface area contributed by atoms with Crippen molar-refractivity contribution in [3.8, 4) is 5.75 Å². The molecule has 2 bridgehead atoms. The molecule has 170 valence electrons. The van der Waals surface area contributed by atoms with E-state index in [-0.39, 0.29) is 29.9 Å². The number of hydrogen-bond donors (Lipinski definition) is 2. The molecule has 0 saturated heterocycles. The molecule has 0 heterocycles. The Kier molecular flexibility index (Phi) is 6.62. The Bertz CT molecular complexity index is 834. The zero-order valence-corrected chi connectivity index (χ0v) is 18.8. The third-order valence-corrected chi connectivity index (χ3v) is 6.45. The summed E-state index contributed by atoms with van der Waals surface area (Å²) in [7, 11) is 1.71. The minimum Gasteiger partial charge on any atom is -0.489 e. The minimum absolute atomic E-state index is 0.00812. The Morgan fingerprint density at radius 1 is 1.13 bits per heavy atom. The average molecular weight is 433 g/mol. The maximum absolute atomic E-state index is 13.2. The minimum atomic E-state index is -0.611. The number of carbonyl (C=O) groups is 2. The summed E-state index contributed by atoms with van der Waals surface area (Å²) in [5.41, 5.74) is 0.768. The molecular formula is C24H33FN2O4. The molecule has 2 aliphatic carbocycles. The number of hydrogen-bond acceptors (Lipinski definition) is 4. The standard InChI is InChI=1S/C24H33FN2O4/c1-22(2,3)31-21(29)27-14-17(13-25)15-30-19-7-5-18(6-8-19)23-9-11-24(16-23,12-10-23)20(28)26-4/h5-8,13H,9-12,14-16H2,1-4H3,(H,26,28)(H,27,29). The highest BCUT2D eigenvalue weighted by Gasteiger charge is 2.58. The van der Waals surface area contributed by atoms with Crippen LogP contribution in [0.1, 0.15) is 58.4 Å². The van der Waals surface area contributed by atoms with Gasteiger partial charge in [0.05, 0.1) is 11.7 Å². The third-order valence-electron chi connectivity index (χ3n) is 6.45. The fourth-order valence-electron chi connectivity index (χ4n) is 4.87. The lowest BCUT2D eigenvalue weighted by atomic mass is 9.77. The molecule has 0 aromatic heterocycles. The van der Waals surface area contributed by atoms with Crippen LogP contribution in [-0.2, 0) is 14.9 Å². The van der Waals surface area contributed by atoms with Gasteiger partial charge in [-0.15, -0.1) is 0 Å². The Morgan fingerprint density at radius 2 is 1.77 bits per heavy atom. The summed E-state index contributed by atoms with van der Waals surface area (Å²) in [6, 6.07) is 7.88. The van der Waals surface area contributed by atoms with Gasteiger partial charge in [-0.2, -0.15) is 0 Å². The van der Waals surface area contributed by atoms with Crippen LogP contribution in [0, 0.1) is 5.41 Å². The van der Waals surface area contributed by atoms with E-state index in [0.29, 0.717) is 17.7 Å². The predicted octanol–water partition coefficient (Wildman–Crippen LogP) is 4.39. The van der Waals surface area contributed by atoms with E-state index in [1.165, 1.54) is 5.56 Å². The van der Waals surface area contributed by atoms with Crippen LogP contribution in [0.15, 0.2) is 36.2 Å². The number of ether oxygens (including phenoxy) is 2. The summed E-state index contributed by atoms with van der Waals surface area (Å²) in [6.45, 7) is 5.33. The molecule has 2 fully saturated rings. The summed E-state index contributed by atoms with van der Waals surface area (Å²) < 4.78 is 24.0. The molecule has 0 atom stereocenters. The maximum atomic E-state index is 13.2. The van der Waals surface area contributed by atoms with Gasteiger partial charge in [0, 0.05) is 19.2 Å². The van der Waals surface area contributed by atoms with Crippen LogP contribution in [0.4, 0.5) is 9.18 Å². The van der Waals surface area contributed by atoms with Gasteiger partial charge in [-0.3, -0.25) is 4.79 Å². The SMILES string of the molecule is CNC(=O)C12CCC(c3ccc(OCC(=CF)CNC(=O)OC(C)(C)C)cc3)(CC1)C2. The molecule has 0 unspecified atom stereocenters. The molecule has 0 spiro atoms. The quantitative estimate of drug-likeness (QED) is 0.670. The van der Waals surface area contributed by atoms with Crippen molar-refractivity contribution < 1.29 is 23.5 Å². The highest BCUT2D eigenvalue weighted by Crippen LogP contribution is 2.62. The molecule has 3 rings (SSSR count). The molecule has 1 aromatic carbocycles. The van der Waals surface area contributed by atoms with Crippen molar-refractivity contribution in [1.29, 1.82) is 0 Å². The fraction of sp³-hybridized carbons (Fsp3) is 0.583. The molecule has 2 N–H and O–H groups in total. The predicted molar refractivity (Wildman–Crippen MR) is 117 cm³/mol. The number of benzene rings is 1. The van der Waals surface area contributed by atoms with Gasteiger partial charge in [-0.1, -0.05) is 12.1 Å². The van der Waals surface area contributed by atoms with E-state index in [2.05, 4.69) is 22.8 Å². The van der Waals surface area contributed by atoms with Gasteiger partial charge in [0.15, 0.2) is 0 Å². The molecule has 6 nitrogen and oxygen atoms in total. The second-order valence-corrected chi connectivity index (χ2v) is 9.75. The van der Waals surface area contributed by atoms with E-state index in [4.69, 9.17) is 9.47 Å². The fourth-order valence-corrected chi connectivity index (χ4v) is 4.87. The molecule has 2 saturated carbocycles. The van der Waals surface area contributed by atoms with Crippen molar-refractivity contribution in [3.63, 3.8) is 0 Å². The van der Waals surface area contributed by atoms with Crippen molar-refractivity contribution in [2.45, 2.75) is 63.9 Å². The van der Waals surface area contributed by atoms with Crippen LogP contribution in [0.3, 0.4) is 0 Å². The first-order valence-electron chi connectivity index (χ1n) is 10.8. The second kappa shape index (κ2) is 8.89. The number of halogens is 1. The van der Waals surface area contributed by atoms with Gasteiger partial charge in [0.1, 0.15) is 18.0 Å². The van der Waals surface area contributed by atoms with Crippen LogP contribution in [0.25, 0.3) is 0 Å². The number of nitrogens with one attached hydrogen (secondary N) is 2. The van der Waals surface area contributed by atoms with Crippen LogP contribution in [0.2, 0.25) is 0 Å². The lowest BCUT2D eigenvalue weighted by molar-refractivity contribution is -0.130. The Labute approximate surface area is 183 Å². The van der Waals surface area contributed by atoms with Crippen LogP contribution in [0.5, 0.6) is 5.75 Å². The topological polar surface area (TPSA) is 76.7 Å². The summed E-state index contributed by atoms with van der Waals surface area (Å²) in [4.78, 5) is 24.1. The normalized spacial score (nSPS) is 25.3. The van der Waals surface area contributed by atoms with Gasteiger partial charge in [0.25, 0.3) is 0 Å². The Morgan fingerprint density at radius 3 is 2.32 bits per heavy atom. The van der Waals surface area contributed by atoms with Crippen molar-refractivity contribution in [3.05, 3.63) is 41.7 Å². The van der Waals surface area contributed by atoms with Gasteiger partial charge < -0.3 is 20.1 Å². The number of amides is 2. The number of carbonyl (C=O) groups excluding carboxylic acids is 2. The van der Waals surface area contributed by atoms with E-state index >= 15 is 0 Å². The molecule has 2 aliphatic rings. The van der Waals surface area contributed by atoms with E-state index in [9.17, 15) is 14.0 Å². The first kappa shape index (κ1) is 23.1. The van der Waals surface area contributed by atoms with E-state index in [1.807, 2.05) is 12.1 Å². The zero-order valence-electron chi connectivity index (χ0n) is 18.8. The Balaban J connectivity index is 1.53. The van der Waals surface area contributed by atoms with Crippen molar-refractivity contribution in [2.24, 2.45) is 5.41 Å². The van der Waals surface area contributed by atoms with Crippen molar-refractivity contribution in [2.75, 3.05) is 20.2 Å². The largest absolute Gasteiger partial charge is 0.489 e. The lowest BCUT2D eigenvalue weighted by Crippen LogP contribution is -2.35. The highest BCUT2D eigenvalue weighted by atomic mass is 19.1. The number of alkyl carbamates (subject to hydrolysis) is 1. The molecule has 0 aliphatic heterocycles. The lowest BCUT2D eigenvalue weighted by Gasteiger charge is -2.27. The highest BCUT2D eigenvalue weighted by molar-refractivity contribution is 5.83. The molecular weight excluding hydrogens is 399 g/mol. The van der Waals surface area contributed by atoms with Crippen LogP contribution < -0.4 is 15.4 Å². The third kappa shape index (κ3) is 5.20. The van der Waals surface area contributed by atoms with E-state index < -0.39 is 11.7 Å². The monoisotopic (exact) mass is 432 g/mol. The smallest absolute Gasteiger partial charge is 0.407 e. The number of rotatable bonds is 7. The Hall–Kier alpha value is -2.57. The summed E-state index contributed by atoms with van der Waals surface area (Å²) >= 11 is 0. The van der Waals surface area contributed by atoms with Crippen molar-refractivity contribution >= 4 is 12.0 Å². The van der Waals surface area contributed by atoms with Crippen molar-refractivity contribution in [1.82, 2.24) is 10.6 Å². The van der Waals surface area contributed by atoms with Gasteiger partial charge in [-0.05, 0) is 76.0 Å². The molecule has 1 aromatic rings. The molecule has 7 heteroatoms.